The Balaban J connectivity index is 2.20. The number of nitrogens with two attached hydrogens (primary N) is 1. The monoisotopic (exact) mass is 269 g/mol. The van der Waals surface area contributed by atoms with Crippen molar-refractivity contribution in [2.24, 2.45) is 0 Å². The van der Waals surface area contributed by atoms with E-state index in [-0.39, 0.29) is 5.95 Å². The molecule has 2 aromatic heterocycles. The molecule has 0 atom stereocenters. The first kappa shape index (κ1) is 13.1. The molecule has 0 aliphatic rings. The quantitative estimate of drug-likeness (QED) is 0.876. The summed E-state index contributed by atoms with van der Waals surface area (Å²) in [6.07, 6.45) is -3.37. The van der Waals surface area contributed by atoms with Crippen LogP contribution in [0, 0.1) is 6.92 Å². The second-order valence-electron chi connectivity index (χ2n) is 3.81. The lowest BCUT2D eigenvalue weighted by Crippen LogP contribution is -2.08. The molecule has 0 aromatic carbocycles. The summed E-state index contributed by atoms with van der Waals surface area (Å²) < 4.78 is 37.0. The van der Waals surface area contributed by atoms with E-state index in [0.29, 0.717) is 17.2 Å². The smallest absolute Gasteiger partial charge is 0.368 e. The molecule has 0 radical (unpaired) electrons. The van der Waals surface area contributed by atoms with Gasteiger partial charge in [-0.3, -0.25) is 0 Å². The van der Waals surface area contributed by atoms with E-state index in [1.54, 1.807) is 13.0 Å². The molecule has 0 aliphatic carbocycles. The van der Waals surface area contributed by atoms with E-state index in [1.165, 1.54) is 6.07 Å². The fourth-order valence-corrected chi connectivity index (χ4v) is 1.44. The van der Waals surface area contributed by atoms with Crippen LogP contribution in [0.15, 0.2) is 24.4 Å². The lowest BCUT2D eigenvalue weighted by Gasteiger charge is -2.08. The fourth-order valence-electron chi connectivity index (χ4n) is 1.44. The highest BCUT2D eigenvalue weighted by atomic mass is 19.4. The first-order valence-corrected chi connectivity index (χ1v) is 5.26. The minimum absolute atomic E-state index is 0.0855. The van der Waals surface area contributed by atoms with E-state index in [4.69, 9.17) is 5.73 Å². The number of aryl methyl sites for hydroxylation is 1. The summed E-state index contributed by atoms with van der Waals surface area (Å²) >= 11 is 0. The molecule has 2 rings (SSSR count). The summed E-state index contributed by atoms with van der Waals surface area (Å²) in [5.74, 6) is 0.480. The molecule has 2 heterocycles. The second-order valence-corrected chi connectivity index (χ2v) is 3.81. The fraction of sp³-hybridized carbons (Fsp3) is 0.182. The van der Waals surface area contributed by atoms with Crippen LogP contribution in [0.5, 0.6) is 0 Å². The number of hydrogen-bond donors (Lipinski definition) is 2. The lowest BCUT2D eigenvalue weighted by atomic mass is 10.3. The van der Waals surface area contributed by atoms with Gasteiger partial charge in [-0.2, -0.15) is 18.2 Å². The van der Waals surface area contributed by atoms with Gasteiger partial charge in [0.05, 0.1) is 11.9 Å². The van der Waals surface area contributed by atoms with Crippen molar-refractivity contribution in [1.82, 2.24) is 15.0 Å². The molecule has 8 heteroatoms. The zero-order valence-electron chi connectivity index (χ0n) is 9.86. The number of rotatable bonds is 2. The van der Waals surface area contributed by atoms with Gasteiger partial charge in [0, 0.05) is 11.8 Å². The van der Waals surface area contributed by atoms with Crippen LogP contribution in [0.25, 0.3) is 0 Å². The number of halogens is 3. The van der Waals surface area contributed by atoms with E-state index in [1.807, 2.05) is 0 Å². The summed E-state index contributed by atoms with van der Waals surface area (Å²) in [5, 5.41) is 2.80. The molecule has 0 amide bonds. The molecule has 0 fully saturated rings. The first-order valence-electron chi connectivity index (χ1n) is 5.26. The van der Waals surface area contributed by atoms with Crippen molar-refractivity contribution in [3.63, 3.8) is 0 Å². The first-order chi connectivity index (χ1) is 8.84. The minimum Gasteiger partial charge on any atom is -0.368 e. The van der Waals surface area contributed by atoms with Crippen molar-refractivity contribution in [3.05, 3.63) is 35.8 Å². The van der Waals surface area contributed by atoms with Crippen LogP contribution in [-0.2, 0) is 6.18 Å². The van der Waals surface area contributed by atoms with Gasteiger partial charge in [0.2, 0.25) is 5.95 Å². The maximum absolute atomic E-state index is 12.3. The molecule has 19 heavy (non-hydrogen) atoms. The third-order valence-electron chi connectivity index (χ3n) is 2.20. The van der Waals surface area contributed by atoms with Crippen LogP contribution in [0.1, 0.15) is 11.4 Å². The summed E-state index contributed by atoms with van der Waals surface area (Å²) in [5.41, 5.74) is 5.55. The normalized spacial score (nSPS) is 11.4. The molecule has 2 aromatic rings. The number of anilines is 3. The summed E-state index contributed by atoms with van der Waals surface area (Å²) in [6.45, 7) is 1.73. The number of aromatic nitrogens is 3. The maximum Gasteiger partial charge on any atom is 0.433 e. The van der Waals surface area contributed by atoms with E-state index >= 15 is 0 Å². The van der Waals surface area contributed by atoms with Gasteiger partial charge in [0.15, 0.2) is 0 Å². The maximum atomic E-state index is 12.3. The predicted molar refractivity (Wildman–Crippen MR) is 63.7 cm³/mol. The molecule has 0 spiro atoms. The number of nitrogen functional groups attached to an aromatic ring is 1. The van der Waals surface area contributed by atoms with Crippen molar-refractivity contribution in [2.45, 2.75) is 13.1 Å². The standard InChI is InChI=1S/C11H10F3N5/c1-6-4-9(19-10(15)17-6)18-7-2-3-8(16-5-7)11(12,13)14/h2-5H,1H3,(H3,15,17,18,19). The van der Waals surface area contributed by atoms with E-state index in [2.05, 4.69) is 20.3 Å². The van der Waals surface area contributed by atoms with Gasteiger partial charge >= 0.3 is 6.18 Å². The zero-order valence-corrected chi connectivity index (χ0v) is 9.86. The van der Waals surface area contributed by atoms with Crippen molar-refractivity contribution < 1.29 is 13.2 Å². The van der Waals surface area contributed by atoms with Crippen molar-refractivity contribution in [2.75, 3.05) is 11.1 Å². The third kappa shape index (κ3) is 3.30. The van der Waals surface area contributed by atoms with Crippen LogP contribution in [0.4, 0.5) is 30.6 Å². The van der Waals surface area contributed by atoms with Crippen LogP contribution in [-0.4, -0.2) is 15.0 Å². The summed E-state index contributed by atoms with van der Waals surface area (Å²) in [4.78, 5) is 11.1. The summed E-state index contributed by atoms with van der Waals surface area (Å²) in [6, 6.07) is 3.78. The highest BCUT2D eigenvalue weighted by molar-refractivity contribution is 5.56. The Morgan fingerprint density at radius 2 is 1.95 bits per heavy atom. The Morgan fingerprint density at radius 1 is 1.21 bits per heavy atom. The third-order valence-corrected chi connectivity index (χ3v) is 2.20. The van der Waals surface area contributed by atoms with E-state index in [0.717, 1.165) is 12.3 Å². The van der Waals surface area contributed by atoms with Gasteiger partial charge < -0.3 is 11.1 Å². The van der Waals surface area contributed by atoms with Gasteiger partial charge in [0.25, 0.3) is 0 Å². The molecular weight excluding hydrogens is 259 g/mol. The Labute approximate surface area is 106 Å². The van der Waals surface area contributed by atoms with Crippen molar-refractivity contribution in [1.29, 1.82) is 0 Å². The Kier molecular flexibility index (Phi) is 3.24. The molecule has 100 valence electrons. The van der Waals surface area contributed by atoms with Gasteiger partial charge in [-0.15, -0.1) is 0 Å². The Morgan fingerprint density at radius 3 is 2.47 bits per heavy atom. The molecule has 0 saturated carbocycles. The highest BCUT2D eigenvalue weighted by Gasteiger charge is 2.31. The SMILES string of the molecule is Cc1cc(Nc2ccc(C(F)(F)F)nc2)nc(N)n1. The molecule has 0 bridgehead atoms. The largest absolute Gasteiger partial charge is 0.433 e. The van der Waals surface area contributed by atoms with Gasteiger partial charge in [0.1, 0.15) is 11.5 Å². The Hall–Kier alpha value is -2.38. The van der Waals surface area contributed by atoms with Crippen LogP contribution < -0.4 is 11.1 Å². The topological polar surface area (TPSA) is 76.7 Å². The molecular formula is C11H10F3N5. The average Bonchev–Trinajstić information content (AvgIpc) is 2.26. The van der Waals surface area contributed by atoms with Crippen LogP contribution >= 0.6 is 0 Å². The Bertz CT molecular complexity index is 560. The van der Waals surface area contributed by atoms with Crippen molar-refractivity contribution >= 4 is 17.5 Å². The molecule has 0 aliphatic heterocycles. The molecule has 0 saturated heterocycles. The number of pyridine rings is 1. The van der Waals surface area contributed by atoms with E-state index in [9.17, 15) is 13.2 Å². The second kappa shape index (κ2) is 4.71. The van der Waals surface area contributed by atoms with Gasteiger partial charge in [-0.05, 0) is 19.1 Å². The minimum atomic E-state index is -4.45. The molecule has 3 N–H and O–H groups in total. The van der Waals surface area contributed by atoms with Crippen LogP contribution in [0.3, 0.4) is 0 Å². The van der Waals surface area contributed by atoms with Crippen LogP contribution in [0.2, 0.25) is 0 Å². The number of nitrogens with zero attached hydrogens (tertiary/aromatic N) is 3. The highest BCUT2D eigenvalue weighted by Crippen LogP contribution is 2.28. The van der Waals surface area contributed by atoms with E-state index < -0.39 is 11.9 Å². The predicted octanol–water partition coefficient (Wildman–Crippen LogP) is 2.52. The number of hydrogen-bond acceptors (Lipinski definition) is 5. The van der Waals surface area contributed by atoms with Crippen molar-refractivity contribution in [3.8, 4) is 0 Å². The molecule has 0 unspecified atom stereocenters. The molecule has 5 nitrogen and oxygen atoms in total. The van der Waals surface area contributed by atoms with Gasteiger partial charge in [-0.1, -0.05) is 0 Å². The lowest BCUT2D eigenvalue weighted by molar-refractivity contribution is -0.141. The number of alkyl halides is 3. The van der Waals surface area contributed by atoms with Gasteiger partial charge in [-0.25, -0.2) is 9.97 Å². The zero-order chi connectivity index (χ0) is 14.0. The average molecular weight is 269 g/mol. The summed E-state index contributed by atoms with van der Waals surface area (Å²) in [7, 11) is 0. The number of nitrogens with one attached hydrogen (secondary N) is 1.